The number of carbonyl (C=O) groups is 2. The molecule has 1 N–H and O–H groups in total. The predicted octanol–water partition coefficient (Wildman–Crippen LogP) is 5.45. The number of Topliss-reactive ketones (excluding diaryl/α,β-unsaturated/α-hetero) is 1. The summed E-state index contributed by atoms with van der Waals surface area (Å²) in [5.41, 5.74) is 1.95. The number of rotatable bonds is 8. The molecule has 1 saturated heterocycles. The Morgan fingerprint density at radius 2 is 1.71 bits per heavy atom. The van der Waals surface area contributed by atoms with E-state index in [1.54, 1.807) is 55.5 Å². The van der Waals surface area contributed by atoms with Crippen molar-refractivity contribution in [3.8, 4) is 11.5 Å². The Hall–Kier alpha value is -4.50. The zero-order valence-electron chi connectivity index (χ0n) is 20.8. The van der Waals surface area contributed by atoms with Gasteiger partial charge in [-0.05, 0) is 61.4 Å². The number of aliphatic hydroxyl groups is 1. The van der Waals surface area contributed by atoms with Crippen LogP contribution in [0.3, 0.4) is 0 Å². The lowest BCUT2D eigenvalue weighted by atomic mass is 9.95. The minimum atomic E-state index is -0.922. The molecule has 38 heavy (non-hydrogen) atoms. The molecule has 0 aliphatic carbocycles. The number of ether oxygens (including phenoxy) is 2. The van der Waals surface area contributed by atoms with E-state index in [-0.39, 0.29) is 16.5 Å². The second kappa shape index (κ2) is 10.9. The van der Waals surface area contributed by atoms with Crippen LogP contribution in [-0.4, -0.2) is 33.6 Å². The number of benzene rings is 3. The van der Waals surface area contributed by atoms with Gasteiger partial charge in [0.25, 0.3) is 5.78 Å². The van der Waals surface area contributed by atoms with Crippen molar-refractivity contribution >= 4 is 33.9 Å². The van der Waals surface area contributed by atoms with Crippen molar-refractivity contribution in [2.45, 2.75) is 26.5 Å². The highest BCUT2D eigenvalue weighted by atomic mass is 32.1. The monoisotopic (exact) mass is 527 g/mol. The van der Waals surface area contributed by atoms with Crippen LogP contribution in [0.2, 0.25) is 0 Å². The van der Waals surface area contributed by atoms with Gasteiger partial charge in [0.05, 0.1) is 18.2 Å². The number of aromatic nitrogens is 2. The second-order valence-corrected chi connectivity index (χ2v) is 9.74. The summed E-state index contributed by atoms with van der Waals surface area (Å²) in [7, 11) is 0. The first kappa shape index (κ1) is 25.2. The molecule has 3 aromatic carbocycles. The third kappa shape index (κ3) is 5.01. The number of hydrogen-bond donors (Lipinski definition) is 1. The maximum Gasteiger partial charge on any atom is 0.301 e. The molecular formula is C29H25N3O5S. The summed E-state index contributed by atoms with van der Waals surface area (Å²) in [5.74, 6) is -0.671. The molecule has 5 rings (SSSR count). The molecular weight excluding hydrogens is 502 g/mol. The summed E-state index contributed by atoms with van der Waals surface area (Å²) in [6.45, 7) is 4.50. The van der Waals surface area contributed by atoms with Gasteiger partial charge in [0, 0.05) is 5.56 Å². The first-order valence-electron chi connectivity index (χ1n) is 12.1. The van der Waals surface area contributed by atoms with E-state index in [1.165, 1.54) is 16.2 Å². The molecule has 1 aliphatic rings. The summed E-state index contributed by atoms with van der Waals surface area (Å²) in [6, 6.07) is 22.7. The molecule has 0 spiro atoms. The number of hydrogen-bond acceptors (Lipinski definition) is 8. The fourth-order valence-electron chi connectivity index (χ4n) is 4.28. The van der Waals surface area contributed by atoms with E-state index in [0.717, 1.165) is 5.56 Å². The van der Waals surface area contributed by atoms with E-state index in [1.807, 2.05) is 37.3 Å². The standard InChI is InChI=1S/C29H25N3O5S/c1-3-36-22-14-12-20(13-15-22)26(33)24-25(32(28(35)27(24)34)29-31-30-18(2)38-29)21-10-7-11-23(16-21)37-17-19-8-5-4-6-9-19/h4-16,25,33H,3,17H2,1-2H3. The van der Waals surface area contributed by atoms with Crippen LogP contribution in [0, 0.1) is 6.92 Å². The van der Waals surface area contributed by atoms with Crippen LogP contribution in [-0.2, 0) is 16.2 Å². The van der Waals surface area contributed by atoms with Gasteiger partial charge in [-0.15, -0.1) is 10.2 Å². The van der Waals surface area contributed by atoms with Crippen molar-refractivity contribution in [1.82, 2.24) is 10.2 Å². The predicted molar refractivity (Wildman–Crippen MR) is 144 cm³/mol. The number of anilines is 1. The van der Waals surface area contributed by atoms with Crippen LogP contribution in [0.5, 0.6) is 11.5 Å². The van der Waals surface area contributed by atoms with E-state index >= 15 is 0 Å². The highest BCUT2D eigenvalue weighted by Gasteiger charge is 2.48. The summed E-state index contributed by atoms with van der Waals surface area (Å²) in [6.07, 6.45) is 0. The van der Waals surface area contributed by atoms with E-state index in [9.17, 15) is 14.7 Å². The highest BCUT2D eigenvalue weighted by molar-refractivity contribution is 7.15. The lowest BCUT2D eigenvalue weighted by Crippen LogP contribution is -2.29. The third-order valence-corrected chi connectivity index (χ3v) is 6.86. The first-order chi connectivity index (χ1) is 18.5. The van der Waals surface area contributed by atoms with Crippen molar-refractivity contribution in [3.05, 3.63) is 106 Å². The summed E-state index contributed by atoms with van der Waals surface area (Å²) in [5, 5.41) is 20.4. The minimum absolute atomic E-state index is 0.0350. The maximum absolute atomic E-state index is 13.4. The van der Waals surface area contributed by atoms with Gasteiger partial charge in [-0.25, -0.2) is 0 Å². The van der Waals surface area contributed by atoms with Gasteiger partial charge in [-0.1, -0.05) is 53.8 Å². The van der Waals surface area contributed by atoms with Crippen LogP contribution >= 0.6 is 11.3 Å². The van der Waals surface area contributed by atoms with E-state index in [4.69, 9.17) is 9.47 Å². The third-order valence-electron chi connectivity index (χ3n) is 6.03. The van der Waals surface area contributed by atoms with E-state index < -0.39 is 17.7 Å². The second-order valence-electron chi connectivity index (χ2n) is 8.58. The largest absolute Gasteiger partial charge is 0.507 e. The number of carbonyl (C=O) groups excluding carboxylic acids is 2. The molecule has 0 bridgehead atoms. The van der Waals surface area contributed by atoms with Gasteiger partial charge >= 0.3 is 5.91 Å². The van der Waals surface area contributed by atoms with E-state index in [2.05, 4.69) is 10.2 Å². The summed E-state index contributed by atoms with van der Waals surface area (Å²) in [4.78, 5) is 27.9. The zero-order chi connectivity index (χ0) is 26.6. The molecule has 4 aromatic rings. The Morgan fingerprint density at radius 3 is 2.39 bits per heavy atom. The van der Waals surface area contributed by atoms with Crippen molar-refractivity contribution < 1.29 is 24.2 Å². The number of amides is 1. The Labute approximate surface area is 223 Å². The van der Waals surface area contributed by atoms with Crippen molar-refractivity contribution in [3.63, 3.8) is 0 Å². The zero-order valence-corrected chi connectivity index (χ0v) is 21.6. The fourth-order valence-corrected chi connectivity index (χ4v) is 4.99. The Bertz CT molecular complexity index is 1500. The van der Waals surface area contributed by atoms with Gasteiger partial charge in [0.15, 0.2) is 0 Å². The molecule has 1 aliphatic heterocycles. The Kier molecular flexibility index (Phi) is 7.19. The van der Waals surface area contributed by atoms with E-state index in [0.29, 0.717) is 40.8 Å². The average molecular weight is 528 g/mol. The molecule has 192 valence electrons. The SMILES string of the molecule is CCOc1ccc(C(O)=C2C(=O)C(=O)N(c3nnc(C)s3)C2c2cccc(OCc3ccccc3)c2)cc1. The smallest absolute Gasteiger partial charge is 0.301 e. The molecule has 1 amide bonds. The van der Waals surface area contributed by atoms with Crippen LogP contribution in [0.1, 0.15) is 34.7 Å². The lowest BCUT2D eigenvalue weighted by molar-refractivity contribution is -0.132. The van der Waals surface area contributed by atoms with Crippen molar-refractivity contribution in [2.24, 2.45) is 0 Å². The molecule has 1 aromatic heterocycles. The molecule has 1 unspecified atom stereocenters. The number of aliphatic hydroxyl groups excluding tert-OH is 1. The van der Waals surface area contributed by atoms with Gasteiger partial charge in [-0.2, -0.15) is 0 Å². The van der Waals surface area contributed by atoms with Crippen LogP contribution in [0.25, 0.3) is 5.76 Å². The quantitative estimate of drug-likeness (QED) is 0.185. The maximum atomic E-state index is 13.4. The normalized spacial score (nSPS) is 16.6. The van der Waals surface area contributed by atoms with Gasteiger partial charge < -0.3 is 14.6 Å². The number of nitrogens with zero attached hydrogens (tertiary/aromatic N) is 3. The highest BCUT2D eigenvalue weighted by Crippen LogP contribution is 2.43. The number of aryl methyl sites for hydroxylation is 1. The molecule has 0 radical (unpaired) electrons. The topological polar surface area (TPSA) is 102 Å². The van der Waals surface area contributed by atoms with Crippen molar-refractivity contribution in [1.29, 1.82) is 0 Å². The summed E-state index contributed by atoms with van der Waals surface area (Å²) >= 11 is 1.20. The Balaban J connectivity index is 1.57. The molecule has 1 atom stereocenters. The molecule has 0 saturated carbocycles. The van der Waals surface area contributed by atoms with Crippen LogP contribution < -0.4 is 14.4 Å². The molecule has 1 fully saturated rings. The minimum Gasteiger partial charge on any atom is -0.507 e. The molecule has 2 heterocycles. The number of ketones is 1. The van der Waals surface area contributed by atoms with Gasteiger partial charge in [-0.3, -0.25) is 14.5 Å². The van der Waals surface area contributed by atoms with Crippen LogP contribution in [0.4, 0.5) is 5.13 Å². The fraction of sp³-hybridized carbons (Fsp3) is 0.172. The van der Waals surface area contributed by atoms with Crippen molar-refractivity contribution in [2.75, 3.05) is 11.5 Å². The van der Waals surface area contributed by atoms with Crippen LogP contribution in [0.15, 0.2) is 84.4 Å². The molecule has 9 heteroatoms. The average Bonchev–Trinajstić information content (AvgIpc) is 3.48. The first-order valence-corrected chi connectivity index (χ1v) is 12.9. The van der Waals surface area contributed by atoms with Gasteiger partial charge in [0.2, 0.25) is 5.13 Å². The summed E-state index contributed by atoms with van der Waals surface area (Å²) < 4.78 is 11.5. The lowest BCUT2D eigenvalue weighted by Gasteiger charge is -2.23. The molecule has 8 nitrogen and oxygen atoms in total. The van der Waals surface area contributed by atoms with Gasteiger partial charge in [0.1, 0.15) is 28.9 Å². The Morgan fingerprint density at radius 1 is 0.947 bits per heavy atom.